The van der Waals surface area contributed by atoms with Crippen LogP contribution in [0.4, 0.5) is 0 Å². The first kappa shape index (κ1) is 34.2. The zero-order chi connectivity index (χ0) is 29.7. The fourth-order valence-electron chi connectivity index (χ4n) is 4.53. The van der Waals surface area contributed by atoms with Crippen LogP contribution in [0.1, 0.15) is 87.0 Å². The number of nitrogens with zero attached hydrogens (tertiary/aromatic N) is 1. The van der Waals surface area contributed by atoms with Gasteiger partial charge in [0.2, 0.25) is 29.5 Å². The maximum absolute atomic E-state index is 12.9. The maximum Gasteiger partial charge on any atom is 0.243 e. The van der Waals surface area contributed by atoms with Gasteiger partial charge >= 0.3 is 0 Å². The molecule has 0 aromatic rings. The molecule has 0 bridgehead atoms. The molecule has 0 aliphatic carbocycles. The lowest BCUT2D eigenvalue weighted by molar-refractivity contribution is -0.138. The van der Waals surface area contributed by atoms with Gasteiger partial charge in [-0.3, -0.25) is 33.7 Å². The number of rotatable bonds is 18. The molecule has 222 valence electrons. The zero-order valence-corrected chi connectivity index (χ0v) is 24.7. The Morgan fingerprint density at radius 1 is 0.846 bits per heavy atom. The second kappa shape index (κ2) is 17.0. The number of hydrogen-bond acceptors (Lipinski definition) is 7. The van der Waals surface area contributed by atoms with Crippen LogP contribution in [-0.4, -0.2) is 78.0 Å². The van der Waals surface area contributed by atoms with E-state index in [-0.39, 0.29) is 60.6 Å². The molecule has 3 atom stereocenters. The van der Waals surface area contributed by atoms with Crippen molar-refractivity contribution < 1.29 is 28.8 Å². The lowest BCUT2D eigenvalue weighted by Crippen LogP contribution is -2.55. The maximum atomic E-state index is 12.9. The molecule has 0 aromatic carbocycles. The fourth-order valence-corrected chi connectivity index (χ4v) is 4.53. The van der Waals surface area contributed by atoms with E-state index in [4.69, 9.17) is 0 Å². The SMILES string of the molecule is CCNC(C(=O)NC(CC(C)C)C(=O)NCC(=O)NC(CCCCN1C(=O)CCC1=O)C(=O)C(C)C)C(C)C. The smallest absolute Gasteiger partial charge is 0.243 e. The number of likely N-dealkylation sites (tertiary alicyclic amines) is 1. The van der Waals surface area contributed by atoms with Crippen molar-refractivity contribution in [3.63, 3.8) is 0 Å². The molecular weight excluding hydrogens is 502 g/mol. The van der Waals surface area contributed by atoms with E-state index < -0.39 is 29.9 Å². The third kappa shape index (κ3) is 11.8. The summed E-state index contributed by atoms with van der Waals surface area (Å²) in [7, 11) is 0. The molecule has 1 heterocycles. The first-order valence-electron chi connectivity index (χ1n) is 14.3. The number of carbonyl (C=O) groups excluding carboxylic acids is 6. The number of imide groups is 1. The highest BCUT2D eigenvalue weighted by Crippen LogP contribution is 2.14. The van der Waals surface area contributed by atoms with Gasteiger partial charge in [0.25, 0.3) is 0 Å². The van der Waals surface area contributed by atoms with E-state index in [1.807, 2.05) is 34.6 Å². The molecule has 0 aromatic heterocycles. The summed E-state index contributed by atoms with van der Waals surface area (Å²) in [5.41, 5.74) is 0. The van der Waals surface area contributed by atoms with E-state index in [0.29, 0.717) is 38.8 Å². The molecule has 4 N–H and O–H groups in total. The van der Waals surface area contributed by atoms with E-state index in [1.54, 1.807) is 13.8 Å². The Bertz CT molecular complexity index is 857. The van der Waals surface area contributed by atoms with Crippen molar-refractivity contribution >= 4 is 35.3 Å². The highest BCUT2D eigenvalue weighted by atomic mass is 16.2. The van der Waals surface area contributed by atoms with Crippen molar-refractivity contribution in [2.75, 3.05) is 19.6 Å². The van der Waals surface area contributed by atoms with Crippen molar-refractivity contribution in [1.29, 1.82) is 0 Å². The molecule has 1 fully saturated rings. The van der Waals surface area contributed by atoms with Gasteiger partial charge < -0.3 is 21.3 Å². The summed E-state index contributed by atoms with van der Waals surface area (Å²) in [6, 6.07) is -1.97. The Balaban J connectivity index is 2.69. The van der Waals surface area contributed by atoms with E-state index in [2.05, 4.69) is 21.3 Å². The summed E-state index contributed by atoms with van der Waals surface area (Å²) in [4.78, 5) is 76.0. The Labute approximate surface area is 233 Å². The van der Waals surface area contributed by atoms with Gasteiger partial charge in [-0.2, -0.15) is 0 Å². The second-order valence-electron chi connectivity index (χ2n) is 11.3. The van der Waals surface area contributed by atoms with E-state index in [9.17, 15) is 28.8 Å². The second-order valence-corrected chi connectivity index (χ2v) is 11.3. The summed E-state index contributed by atoms with van der Waals surface area (Å²) in [6.45, 7) is 13.7. The molecule has 3 unspecified atom stereocenters. The topological polar surface area (TPSA) is 154 Å². The van der Waals surface area contributed by atoms with Crippen molar-refractivity contribution in [3.05, 3.63) is 0 Å². The summed E-state index contributed by atoms with van der Waals surface area (Å²) in [6.07, 6.45) is 2.33. The minimum atomic E-state index is -0.797. The summed E-state index contributed by atoms with van der Waals surface area (Å²) in [5, 5.41) is 11.3. The molecular formula is C28H49N5O6. The Morgan fingerprint density at radius 2 is 1.46 bits per heavy atom. The predicted molar refractivity (Wildman–Crippen MR) is 148 cm³/mol. The van der Waals surface area contributed by atoms with Gasteiger partial charge in [-0.1, -0.05) is 48.5 Å². The molecule has 1 saturated heterocycles. The first-order chi connectivity index (χ1) is 18.3. The monoisotopic (exact) mass is 551 g/mol. The molecule has 11 heteroatoms. The molecule has 1 aliphatic heterocycles. The van der Waals surface area contributed by atoms with Crippen LogP contribution in [0.2, 0.25) is 0 Å². The number of likely N-dealkylation sites (N-methyl/N-ethyl adjacent to an activating group) is 1. The highest BCUT2D eigenvalue weighted by molar-refractivity contribution is 6.01. The van der Waals surface area contributed by atoms with E-state index in [1.165, 1.54) is 4.90 Å². The van der Waals surface area contributed by atoms with Crippen LogP contribution in [-0.2, 0) is 28.8 Å². The Hall–Kier alpha value is -2.82. The van der Waals surface area contributed by atoms with Gasteiger partial charge in [-0.15, -0.1) is 0 Å². The molecule has 0 spiro atoms. The number of unbranched alkanes of at least 4 members (excludes halogenated alkanes) is 1. The predicted octanol–water partition coefficient (Wildman–Crippen LogP) is 1.30. The largest absolute Gasteiger partial charge is 0.345 e. The number of Topliss-reactive ketones (excluding diaryl/α,β-unsaturated/α-hetero) is 1. The molecule has 39 heavy (non-hydrogen) atoms. The number of carbonyl (C=O) groups is 6. The zero-order valence-electron chi connectivity index (χ0n) is 24.7. The molecule has 1 aliphatic rings. The third-order valence-electron chi connectivity index (χ3n) is 6.66. The normalized spacial score (nSPS) is 16.0. The minimum Gasteiger partial charge on any atom is -0.345 e. The van der Waals surface area contributed by atoms with Crippen LogP contribution in [0.5, 0.6) is 0 Å². The Morgan fingerprint density at radius 3 is 1.97 bits per heavy atom. The number of nitrogens with one attached hydrogen (secondary N) is 4. The average Bonchev–Trinajstić information content (AvgIpc) is 3.18. The molecule has 11 nitrogen and oxygen atoms in total. The fraction of sp³-hybridized carbons (Fsp3) is 0.786. The van der Waals surface area contributed by atoms with Crippen LogP contribution in [0.15, 0.2) is 0 Å². The molecule has 1 rings (SSSR count). The number of ketones is 1. The van der Waals surface area contributed by atoms with E-state index in [0.717, 1.165) is 0 Å². The van der Waals surface area contributed by atoms with Gasteiger partial charge in [0, 0.05) is 25.3 Å². The third-order valence-corrected chi connectivity index (χ3v) is 6.66. The first-order valence-corrected chi connectivity index (χ1v) is 14.3. The minimum absolute atomic E-state index is 0.0326. The van der Waals surface area contributed by atoms with E-state index >= 15 is 0 Å². The van der Waals surface area contributed by atoms with Crippen LogP contribution in [0, 0.1) is 17.8 Å². The lowest BCUT2D eigenvalue weighted by atomic mass is 9.97. The molecule has 5 amide bonds. The van der Waals surface area contributed by atoms with Crippen LogP contribution in [0.3, 0.4) is 0 Å². The summed E-state index contributed by atoms with van der Waals surface area (Å²) in [5.74, 6) is -1.85. The van der Waals surface area contributed by atoms with Crippen molar-refractivity contribution in [1.82, 2.24) is 26.2 Å². The Kier molecular flexibility index (Phi) is 14.9. The van der Waals surface area contributed by atoms with Crippen LogP contribution in [0.25, 0.3) is 0 Å². The van der Waals surface area contributed by atoms with Gasteiger partial charge in [0.15, 0.2) is 5.78 Å². The van der Waals surface area contributed by atoms with Crippen LogP contribution < -0.4 is 21.3 Å². The highest BCUT2D eigenvalue weighted by Gasteiger charge is 2.30. The van der Waals surface area contributed by atoms with Gasteiger partial charge in [0.05, 0.1) is 18.6 Å². The van der Waals surface area contributed by atoms with Crippen LogP contribution >= 0.6 is 0 Å². The van der Waals surface area contributed by atoms with Gasteiger partial charge in [0.1, 0.15) is 6.04 Å². The standard InChI is InChI=1S/C28H49N5O6/c1-8-29-25(18(4)5)28(39)32-21(15-17(2)3)27(38)30-16-22(34)31-20(26(37)19(6)7)11-9-10-14-33-23(35)12-13-24(33)36/h17-21,25,29H,8-16H2,1-7H3,(H,30,38)(H,31,34)(H,32,39). The van der Waals surface area contributed by atoms with Crippen molar-refractivity contribution in [3.8, 4) is 0 Å². The van der Waals surface area contributed by atoms with Crippen molar-refractivity contribution in [2.24, 2.45) is 17.8 Å². The average molecular weight is 552 g/mol. The van der Waals surface area contributed by atoms with Crippen molar-refractivity contribution in [2.45, 2.75) is 105 Å². The molecule has 0 saturated carbocycles. The molecule has 0 radical (unpaired) electrons. The van der Waals surface area contributed by atoms with Gasteiger partial charge in [-0.25, -0.2) is 0 Å². The summed E-state index contributed by atoms with van der Waals surface area (Å²) < 4.78 is 0. The quantitative estimate of drug-likeness (QED) is 0.148. The lowest BCUT2D eigenvalue weighted by Gasteiger charge is -2.26. The van der Waals surface area contributed by atoms with Gasteiger partial charge in [-0.05, 0) is 44.1 Å². The number of hydrogen-bond donors (Lipinski definition) is 4. The summed E-state index contributed by atoms with van der Waals surface area (Å²) >= 11 is 0. The number of amides is 5.